The van der Waals surface area contributed by atoms with E-state index in [1.807, 2.05) is 6.92 Å². The van der Waals surface area contributed by atoms with Crippen LogP contribution in [-0.4, -0.2) is 69.4 Å². The van der Waals surface area contributed by atoms with Crippen LogP contribution in [0.15, 0.2) is 0 Å². The first-order valence-corrected chi connectivity index (χ1v) is 12.9. The second-order valence-electron chi connectivity index (χ2n) is 10.7. The first kappa shape index (κ1) is 27.5. The SMILES string of the molecule is C[C@H](CCO)NC[C@@](O)(CCCCCC1CCC([C@@H]2CC[C@@H](O)[C@H](C)N2)CC1)CC(=O)O. The number of unbranched alkanes of at least 4 members (excludes halogenated alkanes) is 2. The minimum Gasteiger partial charge on any atom is -0.481 e. The fraction of sp³-hybridized carbons (Fsp3) is 0.960. The molecule has 2 fully saturated rings. The van der Waals surface area contributed by atoms with Gasteiger partial charge in [-0.15, -0.1) is 0 Å². The minimum absolute atomic E-state index is 0.0486. The van der Waals surface area contributed by atoms with E-state index in [0.29, 0.717) is 18.9 Å². The van der Waals surface area contributed by atoms with Gasteiger partial charge in [-0.3, -0.25) is 4.79 Å². The molecule has 1 heterocycles. The normalized spacial score (nSPS) is 31.7. The Hall–Kier alpha value is -0.730. The molecule has 1 aliphatic heterocycles. The molecule has 0 aromatic heterocycles. The second kappa shape index (κ2) is 13.9. The van der Waals surface area contributed by atoms with Gasteiger partial charge < -0.3 is 31.1 Å². The Kier molecular flexibility index (Phi) is 11.9. The van der Waals surface area contributed by atoms with Crippen molar-refractivity contribution in [2.24, 2.45) is 11.8 Å². The lowest BCUT2D eigenvalue weighted by molar-refractivity contribution is -0.142. The van der Waals surface area contributed by atoms with Gasteiger partial charge in [0.1, 0.15) is 0 Å². The molecule has 1 saturated heterocycles. The van der Waals surface area contributed by atoms with Crippen LogP contribution in [0.1, 0.15) is 97.3 Å². The highest BCUT2D eigenvalue weighted by molar-refractivity contribution is 5.68. The quantitative estimate of drug-likeness (QED) is 0.222. The van der Waals surface area contributed by atoms with Gasteiger partial charge in [-0.25, -0.2) is 0 Å². The summed E-state index contributed by atoms with van der Waals surface area (Å²) in [6.07, 6.45) is 12.0. The first-order valence-electron chi connectivity index (χ1n) is 12.9. The Morgan fingerprint density at radius 3 is 2.47 bits per heavy atom. The highest BCUT2D eigenvalue weighted by Crippen LogP contribution is 2.36. The molecule has 0 amide bonds. The summed E-state index contributed by atoms with van der Waals surface area (Å²) in [6.45, 7) is 4.34. The van der Waals surface area contributed by atoms with Gasteiger partial charge in [0.25, 0.3) is 0 Å². The number of aliphatic carboxylic acids is 1. The summed E-state index contributed by atoms with van der Waals surface area (Å²) >= 11 is 0. The van der Waals surface area contributed by atoms with Crippen LogP contribution in [0.3, 0.4) is 0 Å². The van der Waals surface area contributed by atoms with E-state index < -0.39 is 11.6 Å². The summed E-state index contributed by atoms with van der Waals surface area (Å²) in [6, 6.07) is 0.821. The van der Waals surface area contributed by atoms with Crippen molar-refractivity contribution in [2.75, 3.05) is 13.2 Å². The smallest absolute Gasteiger partial charge is 0.306 e. The Balaban J connectivity index is 1.62. The molecule has 7 heteroatoms. The highest BCUT2D eigenvalue weighted by atomic mass is 16.4. The number of carboxylic acids is 1. The van der Waals surface area contributed by atoms with Gasteiger partial charge in [0.05, 0.1) is 18.1 Å². The predicted molar refractivity (Wildman–Crippen MR) is 127 cm³/mol. The van der Waals surface area contributed by atoms with Crippen LogP contribution in [0.25, 0.3) is 0 Å². The zero-order valence-electron chi connectivity index (χ0n) is 20.3. The summed E-state index contributed by atoms with van der Waals surface area (Å²) in [4.78, 5) is 11.2. The van der Waals surface area contributed by atoms with Crippen LogP contribution >= 0.6 is 0 Å². The monoisotopic (exact) mass is 456 g/mol. The molecule has 0 unspecified atom stereocenters. The maximum absolute atomic E-state index is 11.2. The topological polar surface area (TPSA) is 122 Å². The molecule has 1 saturated carbocycles. The van der Waals surface area contributed by atoms with Crippen molar-refractivity contribution in [1.29, 1.82) is 0 Å². The van der Waals surface area contributed by atoms with Gasteiger partial charge in [0.15, 0.2) is 0 Å². The highest BCUT2D eigenvalue weighted by Gasteiger charge is 2.33. The maximum Gasteiger partial charge on any atom is 0.306 e. The Morgan fingerprint density at radius 2 is 1.84 bits per heavy atom. The molecular weight excluding hydrogens is 408 g/mol. The van der Waals surface area contributed by atoms with E-state index in [-0.39, 0.29) is 37.8 Å². The molecule has 1 aliphatic carbocycles. The van der Waals surface area contributed by atoms with Crippen molar-refractivity contribution < 1.29 is 25.2 Å². The summed E-state index contributed by atoms with van der Waals surface area (Å²) in [5, 5.41) is 45.7. The number of hydrogen-bond acceptors (Lipinski definition) is 6. The van der Waals surface area contributed by atoms with Crippen molar-refractivity contribution in [2.45, 2.75) is 127 Å². The lowest BCUT2D eigenvalue weighted by Crippen LogP contribution is -2.52. The van der Waals surface area contributed by atoms with Crippen LogP contribution in [0, 0.1) is 11.8 Å². The number of nitrogens with one attached hydrogen (secondary N) is 2. The van der Waals surface area contributed by atoms with Crippen molar-refractivity contribution >= 4 is 5.97 Å². The molecule has 0 radical (unpaired) electrons. The van der Waals surface area contributed by atoms with E-state index in [4.69, 9.17) is 5.11 Å². The Labute approximate surface area is 194 Å². The van der Waals surface area contributed by atoms with Crippen LogP contribution in [-0.2, 0) is 4.79 Å². The van der Waals surface area contributed by atoms with E-state index in [9.17, 15) is 20.1 Å². The largest absolute Gasteiger partial charge is 0.481 e. The average molecular weight is 457 g/mol. The number of carboxylic acid groups (broad SMARTS) is 1. The fourth-order valence-electron chi connectivity index (χ4n) is 5.63. The molecule has 5 atom stereocenters. The standard InChI is InChI=1S/C25H48N2O5/c1-18(13-15-28)26-17-25(32,16-24(30)31)14-5-3-4-6-20-7-9-21(10-8-20)22-11-12-23(29)19(2)27-22/h18-23,26-29,32H,3-17H2,1-2H3,(H,30,31)/t18-,19+,20?,21?,22+,23-,25-/m1/s1. The maximum atomic E-state index is 11.2. The van der Waals surface area contributed by atoms with E-state index in [0.717, 1.165) is 43.9 Å². The lowest BCUT2D eigenvalue weighted by atomic mass is 9.74. The molecule has 2 rings (SSSR count). The molecule has 32 heavy (non-hydrogen) atoms. The van der Waals surface area contributed by atoms with Crippen LogP contribution < -0.4 is 10.6 Å². The third-order valence-corrected chi connectivity index (χ3v) is 7.86. The van der Waals surface area contributed by atoms with Gasteiger partial charge in [-0.2, -0.15) is 0 Å². The number of carbonyl (C=O) groups is 1. The predicted octanol–water partition coefficient (Wildman–Crippen LogP) is 2.81. The molecule has 7 nitrogen and oxygen atoms in total. The molecule has 0 aromatic carbocycles. The van der Waals surface area contributed by atoms with Gasteiger partial charge in [-0.05, 0) is 64.2 Å². The molecule has 188 valence electrons. The average Bonchev–Trinajstić information content (AvgIpc) is 2.74. The van der Waals surface area contributed by atoms with Gasteiger partial charge in [0, 0.05) is 31.3 Å². The zero-order chi connectivity index (χ0) is 23.6. The summed E-state index contributed by atoms with van der Waals surface area (Å²) in [5.41, 5.74) is -1.23. The molecule has 0 bridgehead atoms. The second-order valence-corrected chi connectivity index (χ2v) is 10.7. The van der Waals surface area contributed by atoms with Crippen LogP contribution in [0.4, 0.5) is 0 Å². The molecule has 6 N–H and O–H groups in total. The summed E-state index contributed by atoms with van der Waals surface area (Å²) in [7, 11) is 0. The van der Waals surface area contributed by atoms with E-state index in [1.54, 1.807) is 0 Å². The van der Waals surface area contributed by atoms with Crippen molar-refractivity contribution in [3.05, 3.63) is 0 Å². The fourth-order valence-corrected chi connectivity index (χ4v) is 5.63. The number of aliphatic hydroxyl groups is 3. The lowest BCUT2D eigenvalue weighted by Gasteiger charge is -2.40. The van der Waals surface area contributed by atoms with E-state index in [2.05, 4.69) is 17.6 Å². The van der Waals surface area contributed by atoms with Gasteiger partial charge in [-0.1, -0.05) is 38.5 Å². The summed E-state index contributed by atoms with van der Waals surface area (Å²) in [5.74, 6) is 0.557. The third kappa shape index (κ3) is 9.64. The van der Waals surface area contributed by atoms with Crippen LogP contribution in [0.2, 0.25) is 0 Å². The number of hydrogen-bond donors (Lipinski definition) is 6. The Bertz CT molecular complexity index is 540. The molecular formula is C25H48N2O5. The molecule has 2 aliphatic rings. The number of piperidine rings is 1. The van der Waals surface area contributed by atoms with Crippen molar-refractivity contribution in [1.82, 2.24) is 10.6 Å². The molecule has 0 spiro atoms. The van der Waals surface area contributed by atoms with Gasteiger partial charge >= 0.3 is 5.97 Å². The Morgan fingerprint density at radius 1 is 1.12 bits per heavy atom. The molecule has 0 aromatic rings. The zero-order valence-corrected chi connectivity index (χ0v) is 20.3. The third-order valence-electron chi connectivity index (χ3n) is 7.86. The summed E-state index contributed by atoms with van der Waals surface area (Å²) < 4.78 is 0. The number of rotatable bonds is 14. The van der Waals surface area contributed by atoms with Crippen LogP contribution in [0.5, 0.6) is 0 Å². The van der Waals surface area contributed by atoms with E-state index >= 15 is 0 Å². The van der Waals surface area contributed by atoms with E-state index in [1.165, 1.54) is 32.1 Å². The number of aliphatic hydroxyl groups excluding tert-OH is 2. The first-order chi connectivity index (χ1) is 15.2. The van der Waals surface area contributed by atoms with Crippen molar-refractivity contribution in [3.8, 4) is 0 Å². The van der Waals surface area contributed by atoms with Gasteiger partial charge in [0.2, 0.25) is 0 Å². The van der Waals surface area contributed by atoms with Crippen molar-refractivity contribution in [3.63, 3.8) is 0 Å². The minimum atomic E-state index is -1.23.